The first-order chi connectivity index (χ1) is 10.0. The molecule has 1 aromatic heterocycles. The number of hydrogen-bond donors (Lipinski definition) is 2. The summed E-state index contributed by atoms with van der Waals surface area (Å²) in [5, 5.41) is 12.6. The molecule has 21 heavy (non-hydrogen) atoms. The van der Waals surface area contributed by atoms with E-state index in [1.165, 1.54) is 12.1 Å². The Kier molecular flexibility index (Phi) is 3.45. The number of anilines is 2. The van der Waals surface area contributed by atoms with Gasteiger partial charge in [0.1, 0.15) is 5.52 Å². The van der Waals surface area contributed by atoms with E-state index < -0.39 is 5.97 Å². The number of rotatable bonds is 3. The molecule has 0 saturated heterocycles. The van der Waals surface area contributed by atoms with Crippen molar-refractivity contribution in [1.82, 2.24) is 4.98 Å². The van der Waals surface area contributed by atoms with Gasteiger partial charge in [-0.3, -0.25) is 0 Å². The number of aromatic carboxylic acids is 1. The zero-order valence-electron chi connectivity index (χ0n) is 10.4. The van der Waals surface area contributed by atoms with E-state index in [0.29, 0.717) is 26.8 Å². The first kappa shape index (κ1) is 13.7. The maximum Gasteiger partial charge on any atom is 0.335 e. The summed E-state index contributed by atoms with van der Waals surface area (Å²) < 4.78 is 5.47. The van der Waals surface area contributed by atoms with Crippen molar-refractivity contribution >= 4 is 52.0 Å². The van der Waals surface area contributed by atoms with E-state index in [2.05, 4.69) is 10.3 Å². The van der Waals surface area contributed by atoms with Crippen molar-refractivity contribution in [3.63, 3.8) is 0 Å². The normalized spacial score (nSPS) is 10.8. The van der Waals surface area contributed by atoms with Gasteiger partial charge in [-0.15, -0.1) is 0 Å². The number of halogens is 2. The maximum atomic E-state index is 10.9. The van der Waals surface area contributed by atoms with Gasteiger partial charge in [-0.05, 0) is 30.3 Å². The van der Waals surface area contributed by atoms with Crippen molar-refractivity contribution in [3.8, 4) is 0 Å². The van der Waals surface area contributed by atoms with Gasteiger partial charge < -0.3 is 14.8 Å². The third kappa shape index (κ3) is 2.66. The predicted octanol–water partition coefficient (Wildman–Crippen LogP) is 4.58. The fourth-order valence-electron chi connectivity index (χ4n) is 1.83. The van der Waals surface area contributed by atoms with Crippen LogP contribution in [0.25, 0.3) is 11.1 Å². The Bertz CT molecular complexity index is 845. The smallest absolute Gasteiger partial charge is 0.335 e. The van der Waals surface area contributed by atoms with Crippen LogP contribution < -0.4 is 5.32 Å². The lowest BCUT2D eigenvalue weighted by Crippen LogP contribution is -1.94. The van der Waals surface area contributed by atoms with E-state index in [-0.39, 0.29) is 11.6 Å². The number of fused-ring (bicyclic) bond motifs is 1. The molecule has 3 aromatic rings. The zero-order valence-corrected chi connectivity index (χ0v) is 11.9. The Hall–Kier alpha value is -2.24. The predicted molar refractivity (Wildman–Crippen MR) is 80.7 cm³/mol. The molecule has 0 aliphatic carbocycles. The number of hydrogen-bond acceptors (Lipinski definition) is 4. The summed E-state index contributed by atoms with van der Waals surface area (Å²) in [4.78, 5) is 15.1. The van der Waals surface area contributed by atoms with Crippen LogP contribution in [0, 0.1) is 0 Å². The average molecular weight is 323 g/mol. The van der Waals surface area contributed by atoms with Crippen LogP contribution in [0.15, 0.2) is 40.8 Å². The molecule has 0 amide bonds. The van der Waals surface area contributed by atoms with Gasteiger partial charge in [-0.25, -0.2) is 4.79 Å². The van der Waals surface area contributed by atoms with Crippen molar-refractivity contribution in [2.45, 2.75) is 0 Å². The second kappa shape index (κ2) is 5.27. The minimum atomic E-state index is -1.03. The largest absolute Gasteiger partial charge is 0.478 e. The number of carbonyl (C=O) groups is 1. The highest BCUT2D eigenvalue weighted by Gasteiger charge is 2.11. The molecular formula is C14H8Cl2N2O3. The van der Waals surface area contributed by atoms with Gasteiger partial charge in [0.05, 0.1) is 21.3 Å². The molecular weight excluding hydrogens is 315 g/mol. The second-order valence-corrected chi connectivity index (χ2v) is 5.02. The topological polar surface area (TPSA) is 75.4 Å². The van der Waals surface area contributed by atoms with Crippen molar-refractivity contribution in [3.05, 3.63) is 52.0 Å². The molecule has 0 aliphatic heterocycles. The Balaban J connectivity index is 1.98. The van der Waals surface area contributed by atoms with Gasteiger partial charge in [-0.1, -0.05) is 29.3 Å². The van der Waals surface area contributed by atoms with E-state index in [1.807, 2.05) is 0 Å². The molecule has 5 nitrogen and oxygen atoms in total. The molecule has 0 unspecified atom stereocenters. The minimum absolute atomic E-state index is 0.131. The highest BCUT2D eigenvalue weighted by atomic mass is 35.5. The summed E-state index contributed by atoms with van der Waals surface area (Å²) in [6.07, 6.45) is 0. The van der Waals surface area contributed by atoms with Crippen LogP contribution in [0.4, 0.5) is 11.7 Å². The fraction of sp³-hybridized carbons (Fsp3) is 0. The maximum absolute atomic E-state index is 10.9. The molecule has 7 heteroatoms. The molecule has 0 saturated carbocycles. The molecule has 0 atom stereocenters. The van der Waals surface area contributed by atoms with Crippen molar-refractivity contribution < 1.29 is 14.3 Å². The number of nitrogens with one attached hydrogen (secondary N) is 1. The van der Waals surface area contributed by atoms with Gasteiger partial charge in [-0.2, -0.15) is 4.98 Å². The Morgan fingerprint density at radius 1 is 1.24 bits per heavy atom. The van der Waals surface area contributed by atoms with Gasteiger partial charge in [0.2, 0.25) is 0 Å². The molecule has 0 fully saturated rings. The lowest BCUT2D eigenvalue weighted by Gasteiger charge is -2.04. The van der Waals surface area contributed by atoms with Crippen LogP contribution in [-0.2, 0) is 0 Å². The van der Waals surface area contributed by atoms with Crippen LogP contribution in [0.5, 0.6) is 0 Å². The number of carboxylic acids is 1. The van der Waals surface area contributed by atoms with Gasteiger partial charge in [0, 0.05) is 0 Å². The highest BCUT2D eigenvalue weighted by Crippen LogP contribution is 2.32. The van der Waals surface area contributed by atoms with Crippen LogP contribution in [0.1, 0.15) is 10.4 Å². The van der Waals surface area contributed by atoms with Crippen LogP contribution in [0.3, 0.4) is 0 Å². The number of benzene rings is 2. The molecule has 0 aliphatic rings. The van der Waals surface area contributed by atoms with Crippen LogP contribution in [-0.4, -0.2) is 16.1 Å². The third-order valence-corrected chi connectivity index (χ3v) is 3.65. The van der Waals surface area contributed by atoms with E-state index in [1.54, 1.807) is 24.3 Å². The zero-order chi connectivity index (χ0) is 15.0. The van der Waals surface area contributed by atoms with Crippen LogP contribution >= 0.6 is 23.2 Å². The average Bonchev–Trinajstić information content (AvgIpc) is 2.85. The molecule has 0 bridgehead atoms. The summed E-state index contributed by atoms with van der Waals surface area (Å²) in [5.41, 5.74) is 1.59. The Morgan fingerprint density at radius 3 is 2.81 bits per heavy atom. The SMILES string of the molecule is O=C(O)c1ccc2nc(Nc3cccc(Cl)c3Cl)oc2c1. The summed E-state index contributed by atoms with van der Waals surface area (Å²) in [7, 11) is 0. The number of oxazole rings is 1. The van der Waals surface area contributed by atoms with Crippen molar-refractivity contribution in [2.24, 2.45) is 0 Å². The number of carboxylic acid groups (broad SMARTS) is 1. The van der Waals surface area contributed by atoms with Crippen molar-refractivity contribution in [1.29, 1.82) is 0 Å². The highest BCUT2D eigenvalue weighted by molar-refractivity contribution is 6.43. The summed E-state index contributed by atoms with van der Waals surface area (Å²) in [5.74, 6) is -1.03. The number of aromatic nitrogens is 1. The number of nitrogens with zero attached hydrogens (tertiary/aromatic N) is 1. The van der Waals surface area contributed by atoms with Crippen molar-refractivity contribution in [2.75, 3.05) is 5.32 Å². The lowest BCUT2D eigenvalue weighted by molar-refractivity contribution is 0.0697. The Morgan fingerprint density at radius 2 is 2.05 bits per heavy atom. The van der Waals surface area contributed by atoms with E-state index in [9.17, 15) is 4.79 Å². The standard InChI is InChI=1S/C14H8Cl2N2O3/c15-8-2-1-3-10(12(8)16)18-14-17-9-5-4-7(13(19)20)6-11(9)21-14/h1-6H,(H,17,18)(H,19,20). The van der Waals surface area contributed by atoms with Gasteiger partial charge in [0.25, 0.3) is 6.01 Å². The van der Waals surface area contributed by atoms with Crippen LogP contribution in [0.2, 0.25) is 10.0 Å². The minimum Gasteiger partial charge on any atom is -0.478 e. The van der Waals surface area contributed by atoms with Gasteiger partial charge in [0.15, 0.2) is 5.58 Å². The quantitative estimate of drug-likeness (QED) is 0.738. The molecule has 0 radical (unpaired) electrons. The summed E-state index contributed by atoms with van der Waals surface area (Å²) in [6, 6.07) is 9.79. The Labute approximate surface area is 129 Å². The molecule has 1 heterocycles. The van der Waals surface area contributed by atoms with E-state index in [0.717, 1.165) is 0 Å². The van der Waals surface area contributed by atoms with E-state index in [4.69, 9.17) is 32.7 Å². The summed E-state index contributed by atoms with van der Waals surface area (Å²) in [6.45, 7) is 0. The molecule has 106 valence electrons. The first-order valence-electron chi connectivity index (χ1n) is 5.89. The molecule has 2 N–H and O–H groups in total. The third-order valence-electron chi connectivity index (χ3n) is 2.83. The second-order valence-electron chi connectivity index (χ2n) is 4.23. The molecule has 3 rings (SSSR count). The molecule has 0 spiro atoms. The fourth-order valence-corrected chi connectivity index (χ4v) is 2.17. The van der Waals surface area contributed by atoms with Gasteiger partial charge >= 0.3 is 5.97 Å². The first-order valence-corrected chi connectivity index (χ1v) is 6.65. The molecule has 2 aromatic carbocycles. The lowest BCUT2D eigenvalue weighted by atomic mass is 10.2. The van der Waals surface area contributed by atoms with E-state index >= 15 is 0 Å². The summed E-state index contributed by atoms with van der Waals surface area (Å²) >= 11 is 12.0. The monoisotopic (exact) mass is 322 g/mol.